The molecule has 0 aliphatic carbocycles. The number of benzene rings is 1. The predicted octanol–water partition coefficient (Wildman–Crippen LogP) is 1.65. The summed E-state index contributed by atoms with van der Waals surface area (Å²) in [6, 6.07) is 7.44. The number of nitrogens with one attached hydrogen (secondary N) is 2. The van der Waals surface area contributed by atoms with E-state index in [1.165, 1.54) is 0 Å². The van der Waals surface area contributed by atoms with Crippen LogP contribution in [0.3, 0.4) is 0 Å². The van der Waals surface area contributed by atoms with Gasteiger partial charge < -0.3 is 15.7 Å². The number of rotatable bonds is 6. The molecule has 3 N–H and O–H groups in total. The maximum absolute atomic E-state index is 11.6. The largest absolute Gasteiger partial charge is 0.396 e. The van der Waals surface area contributed by atoms with Gasteiger partial charge in [0.2, 0.25) is 5.91 Å². The molecule has 0 aliphatic rings. The minimum absolute atomic E-state index is 0.0933. The minimum atomic E-state index is -0.151. The molecule has 0 saturated heterocycles. The number of hydrogen-bond donors (Lipinski definition) is 3. The van der Waals surface area contributed by atoms with Crippen molar-refractivity contribution in [2.75, 3.05) is 13.2 Å². The van der Waals surface area contributed by atoms with E-state index in [2.05, 4.69) is 10.6 Å². The molecular formula is C13H17ClN2O2S. The molecule has 1 aromatic rings. The van der Waals surface area contributed by atoms with Crippen molar-refractivity contribution in [2.24, 2.45) is 0 Å². The Balaban J connectivity index is 2.28. The van der Waals surface area contributed by atoms with Crippen LogP contribution in [0.2, 0.25) is 5.02 Å². The number of halogens is 1. The van der Waals surface area contributed by atoms with E-state index in [0.29, 0.717) is 30.8 Å². The maximum Gasteiger partial charge on any atom is 0.226 e. The number of aliphatic hydroxyl groups is 1. The molecule has 1 aromatic carbocycles. The highest BCUT2D eigenvalue weighted by atomic mass is 35.5. The Morgan fingerprint density at radius 2 is 2.11 bits per heavy atom. The molecule has 0 aromatic heterocycles. The summed E-state index contributed by atoms with van der Waals surface area (Å²) in [4.78, 5) is 11.6. The fraction of sp³-hybridized carbons (Fsp3) is 0.385. The van der Waals surface area contributed by atoms with Gasteiger partial charge in [-0.1, -0.05) is 29.8 Å². The molecule has 0 atom stereocenters. The fourth-order valence-electron chi connectivity index (χ4n) is 1.46. The highest BCUT2D eigenvalue weighted by Crippen LogP contribution is 2.16. The van der Waals surface area contributed by atoms with E-state index in [1.54, 1.807) is 6.07 Å². The molecule has 6 heteroatoms. The van der Waals surface area contributed by atoms with Crippen molar-refractivity contribution in [2.45, 2.75) is 19.3 Å². The molecule has 4 nitrogen and oxygen atoms in total. The summed E-state index contributed by atoms with van der Waals surface area (Å²) in [7, 11) is 0. The van der Waals surface area contributed by atoms with E-state index in [-0.39, 0.29) is 17.6 Å². The molecule has 0 fully saturated rings. The van der Waals surface area contributed by atoms with Gasteiger partial charge in [0.1, 0.15) is 0 Å². The van der Waals surface area contributed by atoms with Crippen molar-refractivity contribution in [3.8, 4) is 0 Å². The van der Waals surface area contributed by atoms with Gasteiger partial charge in [-0.25, -0.2) is 0 Å². The second kappa shape index (κ2) is 8.85. The number of hydrogen-bond acceptors (Lipinski definition) is 3. The Kier molecular flexibility index (Phi) is 7.40. The average molecular weight is 301 g/mol. The van der Waals surface area contributed by atoms with Gasteiger partial charge in [0.25, 0.3) is 0 Å². The first kappa shape index (κ1) is 15.9. The topological polar surface area (TPSA) is 61.4 Å². The van der Waals surface area contributed by atoms with Gasteiger partial charge in [-0.2, -0.15) is 0 Å². The van der Waals surface area contributed by atoms with Crippen LogP contribution in [0.5, 0.6) is 0 Å². The smallest absolute Gasteiger partial charge is 0.226 e. The second-order valence-electron chi connectivity index (χ2n) is 3.97. The van der Waals surface area contributed by atoms with Gasteiger partial charge in [0.15, 0.2) is 5.11 Å². The van der Waals surface area contributed by atoms with Crippen LogP contribution in [0.25, 0.3) is 0 Å². The minimum Gasteiger partial charge on any atom is -0.396 e. The Labute approximate surface area is 123 Å². The lowest BCUT2D eigenvalue weighted by molar-refractivity contribution is -0.119. The third-order valence-corrected chi connectivity index (χ3v) is 3.07. The van der Waals surface area contributed by atoms with Crippen molar-refractivity contribution < 1.29 is 9.90 Å². The summed E-state index contributed by atoms with van der Waals surface area (Å²) < 4.78 is 0. The maximum atomic E-state index is 11.6. The third-order valence-electron chi connectivity index (χ3n) is 2.45. The molecule has 1 amide bonds. The van der Waals surface area contributed by atoms with Gasteiger partial charge in [-0.15, -0.1) is 0 Å². The zero-order valence-electron chi connectivity index (χ0n) is 10.5. The highest BCUT2D eigenvalue weighted by Gasteiger charge is 2.06. The van der Waals surface area contributed by atoms with Gasteiger partial charge in [0.05, 0.1) is 0 Å². The molecule has 0 bridgehead atoms. The molecule has 0 heterocycles. The van der Waals surface area contributed by atoms with Gasteiger partial charge in [0, 0.05) is 24.6 Å². The number of amides is 1. The van der Waals surface area contributed by atoms with Gasteiger partial charge in [-0.3, -0.25) is 4.79 Å². The van der Waals surface area contributed by atoms with Crippen LogP contribution < -0.4 is 10.6 Å². The first-order valence-electron chi connectivity index (χ1n) is 6.05. The lowest BCUT2D eigenvalue weighted by Gasteiger charge is -2.09. The van der Waals surface area contributed by atoms with Crippen LogP contribution in [0, 0.1) is 0 Å². The zero-order valence-corrected chi connectivity index (χ0v) is 12.1. The number of thiocarbonyl (C=S) groups is 1. The monoisotopic (exact) mass is 300 g/mol. The summed E-state index contributed by atoms with van der Waals surface area (Å²) in [5.74, 6) is -0.151. The van der Waals surface area contributed by atoms with Crippen LogP contribution in [-0.4, -0.2) is 29.3 Å². The van der Waals surface area contributed by atoms with E-state index < -0.39 is 0 Å². The molecule has 0 unspecified atom stereocenters. The van der Waals surface area contributed by atoms with Crippen LogP contribution in [-0.2, 0) is 11.2 Å². The van der Waals surface area contributed by atoms with Crippen LogP contribution in [0.4, 0.5) is 0 Å². The Morgan fingerprint density at radius 1 is 1.37 bits per heavy atom. The SMILES string of the molecule is O=C(CCc1ccccc1Cl)NC(=S)NCCCO. The normalized spacial score (nSPS) is 10.0. The number of carbonyl (C=O) groups excluding carboxylic acids is 1. The summed E-state index contributed by atoms with van der Waals surface area (Å²) >= 11 is 11.0. The molecule has 0 aliphatic heterocycles. The second-order valence-corrected chi connectivity index (χ2v) is 4.79. The molecule has 0 spiro atoms. The van der Waals surface area contributed by atoms with E-state index in [0.717, 1.165) is 5.56 Å². The standard InChI is InChI=1S/C13H17ClN2O2S/c14-11-5-2-1-4-10(11)6-7-12(18)16-13(19)15-8-3-9-17/h1-2,4-5,17H,3,6-9H2,(H2,15,16,18,19). The predicted molar refractivity (Wildman–Crippen MR) is 80.2 cm³/mol. The van der Waals surface area contributed by atoms with Crippen LogP contribution >= 0.6 is 23.8 Å². The van der Waals surface area contributed by atoms with Gasteiger partial charge in [-0.05, 0) is 36.7 Å². The fourth-order valence-corrected chi connectivity index (χ4v) is 1.91. The number of aryl methyl sites for hydroxylation is 1. The van der Waals surface area contributed by atoms with E-state index in [9.17, 15) is 4.79 Å². The molecule has 1 rings (SSSR count). The molecule has 0 saturated carbocycles. The quantitative estimate of drug-likeness (QED) is 0.552. The Bertz CT molecular complexity index is 440. The average Bonchev–Trinajstić information content (AvgIpc) is 2.38. The number of aliphatic hydroxyl groups excluding tert-OH is 1. The summed E-state index contributed by atoms with van der Waals surface area (Å²) in [6.07, 6.45) is 1.49. The Morgan fingerprint density at radius 3 is 2.79 bits per heavy atom. The first-order chi connectivity index (χ1) is 9.13. The van der Waals surface area contributed by atoms with Crippen LogP contribution in [0.1, 0.15) is 18.4 Å². The Hall–Kier alpha value is -1.17. The summed E-state index contributed by atoms with van der Waals surface area (Å²) in [5, 5.41) is 15.0. The van der Waals surface area contributed by atoms with E-state index >= 15 is 0 Å². The van der Waals surface area contributed by atoms with Crippen molar-refractivity contribution in [3.63, 3.8) is 0 Å². The van der Waals surface area contributed by atoms with E-state index in [4.69, 9.17) is 28.9 Å². The summed E-state index contributed by atoms with van der Waals surface area (Å²) in [6.45, 7) is 0.635. The van der Waals surface area contributed by atoms with Gasteiger partial charge >= 0.3 is 0 Å². The molecular weight excluding hydrogens is 284 g/mol. The van der Waals surface area contributed by atoms with Crippen LogP contribution in [0.15, 0.2) is 24.3 Å². The first-order valence-corrected chi connectivity index (χ1v) is 6.84. The van der Waals surface area contributed by atoms with Crippen molar-refractivity contribution in [1.82, 2.24) is 10.6 Å². The lowest BCUT2D eigenvalue weighted by Crippen LogP contribution is -2.39. The molecule has 104 valence electrons. The highest BCUT2D eigenvalue weighted by molar-refractivity contribution is 7.80. The zero-order chi connectivity index (χ0) is 14.1. The van der Waals surface area contributed by atoms with E-state index in [1.807, 2.05) is 18.2 Å². The van der Waals surface area contributed by atoms with Crippen molar-refractivity contribution in [1.29, 1.82) is 0 Å². The lowest BCUT2D eigenvalue weighted by atomic mass is 10.1. The molecule has 0 radical (unpaired) electrons. The third kappa shape index (κ3) is 6.52. The van der Waals surface area contributed by atoms with Crippen molar-refractivity contribution >= 4 is 34.8 Å². The number of carbonyl (C=O) groups is 1. The van der Waals surface area contributed by atoms with Crippen molar-refractivity contribution in [3.05, 3.63) is 34.9 Å². The molecule has 19 heavy (non-hydrogen) atoms. The summed E-state index contributed by atoms with van der Waals surface area (Å²) in [5.41, 5.74) is 0.943.